The van der Waals surface area contributed by atoms with Crippen molar-refractivity contribution in [1.29, 1.82) is 0 Å². The molecule has 6 nitrogen and oxygen atoms in total. The van der Waals surface area contributed by atoms with Crippen LogP contribution in [0.5, 0.6) is 5.75 Å². The zero-order valence-electron chi connectivity index (χ0n) is 22.7. The molecule has 1 saturated heterocycles. The van der Waals surface area contributed by atoms with Crippen molar-refractivity contribution in [2.45, 2.75) is 37.3 Å². The molecular formula is C30H27ClF6N4O2. The van der Waals surface area contributed by atoms with E-state index in [0.29, 0.717) is 49.3 Å². The predicted molar refractivity (Wildman–Crippen MR) is 150 cm³/mol. The molecule has 0 saturated carbocycles. The number of carbonyl (C=O) groups is 1. The van der Waals surface area contributed by atoms with Gasteiger partial charge in [0.05, 0.1) is 5.56 Å². The highest BCUT2D eigenvalue weighted by atomic mass is 35.5. The van der Waals surface area contributed by atoms with Crippen LogP contribution in [0.25, 0.3) is 6.08 Å². The van der Waals surface area contributed by atoms with Gasteiger partial charge < -0.3 is 10.1 Å². The van der Waals surface area contributed by atoms with Crippen LogP contribution in [-0.2, 0) is 18.1 Å². The van der Waals surface area contributed by atoms with Crippen LogP contribution in [0.4, 0.5) is 36.8 Å². The van der Waals surface area contributed by atoms with Gasteiger partial charge in [0, 0.05) is 36.9 Å². The molecular weight excluding hydrogens is 598 g/mol. The van der Waals surface area contributed by atoms with Gasteiger partial charge in [-0.25, -0.2) is 9.78 Å². The SMILES string of the molecule is O=C(NCc1ccnc(Cl)c1)N1CC2(CCN(CC=Cc3ccc(C(F)(F)F)cc3)CC2)c2cc(OC(F)(F)F)ccc21. The molecule has 13 heteroatoms. The minimum Gasteiger partial charge on any atom is -0.406 e. The summed E-state index contributed by atoms with van der Waals surface area (Å²) in [5.41, 5.74) is 1.24. The Hall–Kier alpha value is -3.77. The number of hydrogen-bond donors (Lipinski definition) is 1. The summed E-state index contributed by atoms with van der Waals surface area (Å²) in [4.78, 5) is 20.9. The van der Waals surface area contributed by atoms with Crippen LogP contribution in [0.15, 0.2) is 66.9 Å². The molecule has 1 spiro atoms. The van der Waals surface area contributed by atoms with Crippen molar-refractivity contribution in [2.24, 2.45) is 0 Å². The van der Waals surface area contributed by atoms with Crippen molar-refractivity contribution in [1.82, 2.24) is 15.2 Å². The van der Waals surface area contributed by atoms with E-state index < -0.39 is 29.5 Å². The van der Waals surface area contributed by atoms with Crippen molar-refractivity contribution in [3.63, 3.8) is 0 Å². The van der Waals surface area contributed by atoms with Crippen molar-refractivity contribution >= 4 is 29.4 Å². The predicted octanol–water partition coefficient (Wildman–Crippen LogP) is 7.43. The van der Waals surface area contributed by atoms with Gasteiger partial charge in [-0.15, -0.1) is 13.2 Å². The number of amides is 2. The number of nitrogens with one attached hydrogen (secondary N) is 1. The van der Waals surface area contributed by atoms with Crippen molar-refractivity contribution in [2.75, 3.05) is 31.1 Å². The number of piperidine rings is 1. The lowest BCUT2D eigenvalue weighted by Gasteiger charge is -2.39. The van der Waals surface area contributed by atoms with Crippen LogP contribution in [0.2, 0.25) is 5.15 Å². The van der Waals surface area contributed by atoms with Gasteiger partial charge in [0.1, 0.15) is 10.9 Å². The minimum absolute atomic E-state index is 0.189. The second-order valence-electron chi connectivity index (χ2n) is 10.6. The molecule has 0 bridgehead atoms. The zero-order valence-corrected chi connectivity index (χ0v) is 23.4. The first-order valence-corrected chi connectivity index (χ1v) is 13.8. The number of urea groups is 1. The maximum absolute atomic E-state index is 13.3. The highest BCUT2D eigenvalue weighted by Gasteiger charge is 2.47. The number of alkyl halides is 6. The molecule has 1 aromatic heterocycles. The molecule has 0 unspecified atom stereocenters. The maximum Gasteiger partial charge on any atom is 0.573 e. The number of anilines is 1. The molecule has 2 aliphatic heterocycles. The fourth-order valence-corrected chi connectivity index (χ4v) is 5.76. The summed E-state index contributed by atoms with van der Waals surface area (Å²) in [6.45, 7) is 2.22. The number of pyridine rings is 1. The van der Waals surface area contributed by atoms with Crippen molar-refractivity contribution in [3.8, 4) is 5.75 Å². The van der Waals surface area contributed by atoms with E-state index in [9.17, 15) is 31.1 Å². The number of rotatable bonds is 6. The van der Waals surface area contributed by atoms with Crippen LogP contribution in [0.3, 0.4) is 0 Å². The number of hydrogen-bond acceptors (Lipinski definition) is 4. The normalized spacial score (nSPS) is 17.0. The van der Waals surface area contributed by atoms with E-state index in [-0.39, 0.29) is 24.0 Å². The molecule has 3 heterocycles. The van der Waals surface area contributed by atoms with Crippen LogP contribution >= 0.6 is 11.6 Å². The highest BCUT2D eigenvalue weighted by molar-refractivity contribution is 6.29. The van der Waals surface area contributed by atoms with Crippen LogP contribution in [0.1, 0.15) is 35.1 Å². The molecule has 0 atom stereocenters. The lowest BCUT2D eigenvalue weighted by atomic mass is 9.74. The minimum atomic E-state index is -4.86. The Bertz CT molecular complexity index is 1490. The number of halogens is 7. The number of carbonyl (C=O) groups excluding carboxylic acids is 1. The Balaban J connectivity index is 1.28. The van der Waals surface area contributed by atoms with Gasteiger partial charge in [-0.3, -0.25) is 9.80 Å². The lowest BCUT2D eigenvalue weighted by molar-refractivity contribution is -0.274. The van der Waals surface area contributed by atoms with E-state index in [2.05, 4.69) is 19.9 Å². The van der Waals surface area contributed by atoms with Gasteiger partial charge in [-0.05, 0) is 85.1 Å². The van der Waals surface area contributed by atoms with Gasteiger partial charge in [-0.1, -0.05) is 35.9 Å². The van der Waals surface area contributed by atoms with Gasteiger partial charge in [0.15, 0.2) is 0 Å². The topological polar surface area (TPSA) is 57.7 Å². The lowest BCUT2D eigenvalue weighted by Crippen LogP contribution is -2.47. The van der Waals surface area contributed by atoms with Crippen molar-refractivity contribution in [3.05, 3.63) is 94.3 Å². The Morgan fingerprint density at radius 2 is 1.74 bits per heavy atom. The molecule has 2 aromatic carbocycles. The number of aromatic nitrogens is 1. The first kappa shape index (κ1) is 30.7. The van der Waals surface area contributed by atoms with Gasteiger partial charge in [0.25, 0.3) is 0 Å². The summed E-state index contributed by atoms with van der Waals surface area (Å²) < 4.78 is 81.6. The van der Waals surface area contributed by atoms with Crippen molar-refractivity contribution < 1.29 is 35.9 Å². The Labute approximate surface area is 248 Å². The van der Waals surface area contributed by atoms with Gasteiger partial charge >= 0.3 is 18.6 Å². The summed E-state index contributed by atoms with van der Waals surface area (Å²) in [5, 5.41) is 3.14. The maximum atomic E-state index is 13.3. The van der Waals surface area contributed by atoms with Crippen LogP contribution in [0, 0.1) is 0 Å². The van der Waals surface area contributed by atoms with E-state index in [1.165, 1.54) is 36.5 Å². The van der Waals surface area contributed by atoms with E-state index in [4.69, 9.17) is 11.6 Å². The van der Waals surface area contributed by atoms with E-state index in [1.54, 1.807) is 23.1 Å². The monoisotopic (exact) mass is 624 g/mol. The molecule has 228 valence electrons. The first-order chi connectivity index (χ1) is 20.3. The second-order valence-corrected chi connectivity index (χ2v) is 10.9. The van der Waals surface area contributed by atoms with E-state index in [0.717, 1.165) is 17.7 Å². The Morgan fingerprint density at radius 1 is 1.02 bits per heavy atom. The van der Waals surface area contributed by atoms with E-state index >= 15 is 0 Å². The molecule has 43 heavy (non-hydrogen) atoms. The smallest absolute Gasteiger partial charge is 0.406 e. The number of likely N-dealkylation sites (tertiary alicyclic amines) is 1. The summed E-state index contributed by atoms with van der Waals surface area (Å²) in [6.07, 6.45) is -2.96. The molecule has 2 amide bonds. The fraction of sp³-hybridized carbons (Fsp3) is 0.333. The zero-order chi connectivity index (χ0) is 30.8. The molecule has 3 aromatic rings. The van der Waals surface area contributed by atoms with E-state index in [1.807, 2.05) is 6.08 Å². The average Bonchev–Trinajstić information content (AvgIpc) is 3.25. The van der Waals surface area contributed by atoms with Gasteiger partial charge in [-0.2, -0.15) is 13.2 Å². The highest BCUT2D eigenvalue weighted by Crippen LogP contribution is 2.48. The first-order valence-electron chi connectivity index (χ1n) is 13.4. The Kier molecular flexibility index (Phi) is 8.62. The average molecular weight is 625 g/mol. The number of fused-ring (bicyclic) bond motifs is 2. The third-order valence-corrected chi connectivity index (χ3v) is 7.94. The molecule has 5 rings (SSSR count). The standard InChI is InChI=1S/C30H27ClF6N4O2/c31-26-16-21(9-12-38-26)18-39-27(42)41-19-28(24-17-23(7-8-25(24)41)43-30(35,36)37)10-14-40(15-11-28)13-1-2-20-3-5-22(6-4-20)29(32,33)34/h1-9,12,16-17H,10-11,13-15,18-19H2,(H,39,42). The summed E-state index contributed by atoms with van der Waals surface area (Å²) in [6, 6.07) is 11.9. The van der Waals surface area contributed by atoms with Crippen LogP contribution < -0.4 is 15.0 Å². The largest absolute Gasteiger partial charge is 0.573 e. The summed E-state index contributed by atoms with van der Waals surface area (Å²) >= 11 is 5.94. The molecule has 1 fully saturated rings. The summed E-state index contributed by atoms with van der Waals surface area (Å²) in [5.74, 6) is -0.346. The Morgan fingerprint density at radius 3 is 2.40 bits per heavy atom. The number of benzene rings is 2. The second kappa shape index (κ2) is 12.1. The molecule has 2 aliphatic rings. The third kappa shape index (κ3) is 7.42. The summed E-state index contributed by atoms with van der Waals surface area (Å²) in [7, 11) is 0. The molecule has 1 N–H and O–H groups in total. The van der Waals surface area contributed by atoms with Crippen LogP contribution in [-0.4, -0.2) is 48.5 Å². The molecule has 0 aliphatic carbocycles. The quantitative estimate of drug-likeness (QED) is 0.229. The third-order valence-electron chi connectivity index (χ3n) is 7.73. The molecule has 0 radical (unpaired) electrons. The van der Waals surface area contributed by atoms with Gasteiger partial charge in [0.2, 0.25) is 0 Å². The fourth-order valence-electron chi connectivity index (χ4n) is 5.56. The number of nitrogens with zero attached hydrogens (tertiary/aromatic N) is 3. The number of ether oxygens (including phenoxy) is 1.